The number of hydrogen-bond donors (Lipinski definition) is 2. The quantitative estimate of drug-likeness (QED) is 0.745. The molecule has 2 heterocycles. The number of H-pyrrole nitrogens is 1. The van der Waals surface area contributed by atoms with Gasteiger partial charge >= 0.3 is 0 Å². The maximum Gasteiger partial charge on any atom is 0.260 e. The van der Waals surface area contributed by atoms with E-state index >= 15 is 0 Å². The van der Waals surface area contributed by atoms with Crippen LogP contribution in [0.5, 0.6) is 0 Å². The Labute approximate surface area is 127 Å². The van der Waals surface area contributed by atoms with Crippen molar-refractivity contribution in [2.75, 3.05) is 26.2 Å². The highest BCUT2D eigenvalue weighted by molar-refractivity contribution is 7.89. The molecule has 1 aliphatic heterocycles. The molecular formula is C14H26N4O2S. The smallest absolute Gasteiger partial charge is 0.260 e. The van der Waals surface area contributed by atoms with Crippen LogP contribution in [0.2, 0.25) is 0 Å². The molecule has 0 bridgehead atoms. The molecule has 0 amide bonds. The van der Waals surface area contributed by atoms with Gasteiger partial charge in [-0.3, -0.25) is 0 Å². The zero-order chi connectivity index (χ0) is 15.3. The van der Waals surface area contributed by atoms with Crippen LogP contribution in [0.4, 0.5) is 0 Å². The van der Waals surface area contributed by atoms with Gasteiger partial charge in [0, 0.05) is 19.5 Å². The van der Waals surface area contributed by atoms with E-state index < -0.39 is 10.0 Å². The van der Waals surface area contributed by atoms with Crippen molar-refractivity contribution in [2.24, 2.45) is 5.92 Å². The molecule has 0 spiro atoms. The largest absolute Gasteiger partial charge is 0.332 e. The topological polar surface area (TPSA) is 78.1 Å². The van der Waals surface area contributed by atoms with Crippen molar-refractivity contribution in [2.45, 2.75) is 44.6 Å². The van der Waals surface area contributed by atoms with E-state index in [1.807, 2.05) is 6.92 Å². The Balaban J connectivity index is 1.91. The van der Waals surface area contributed by atoms with Crippen LogP contribution in [0.15, 0.2) is 11.2 Å². The summed E-state index contributed by atoms with van der Waals surface area (Å²) in [5.41, 5.74) is 0. The van der Waals surface area contributed by atoms with E-state index in [1.54, 1.807) is 4.31 Å². The lowest BCUT2D eigenvalue weighted by Crippen LogP contribution is -2.40. The van der Waals surface area contributed by atoms with Gasteiger partial charge in [0.05, 0.1) is 6.20 Å². The minimum absolute atomic E-state index is 0.224. The summed E-state index contributed by atoms with van der Waals surface area (Å²) in [6.45, 7) is 7.32. The van der Waals surface area contributed by atoms with Crippen LogP contribution in [0.3, 0.4) is 0 Å². The second kappa shape index (κ2) is 7.38. The van der Waals surface area contributed by atoms with E-state index in [2.05, 4.69) is 22.2 Å². The van der Waals surface area contributed by atoms with Gasteiger partial charge in [-0.15, -0.1) is 0 Å². The zero-order valence-corrected chi connectivity index (χ0v) is 13.7. The number of rotatable bonds is 7. The number of nitrogens with zero attached hydrogens (tertiary/aromatic N) is 2. The van der Waals surface area contributed by atoms with Crippen molar-refractivity contribution < 1.29 is 8.42 Å². The van der Waals surface area contributed by atoms with Crippen molar-refractivity contribution in [1.29, 1.82) is 0 Å². The highest BCUT2D eigenvalue weighted by Crippen LogP contribution is 2.22. The average molecular weight is 314 g/mol. The second-order valence-corrected chi connectivity index (χ2v) is 7.51. The summed E-state index contributed by atoms with van der Waals surface area (Å²) >= 11 is 0. The van der Waals surface area contributed by atoms with Crippen molar-refractivity contribution in [1.82, 2.24) is 19.6 Å². The lowest BCUT2D eigenvalue weighted by atomic mass is 9.98. The highest BCUT2D eigenvalue weighted by atomic mass is 32.2. The molecular weight excluding hydrogens is 288 g/mol. The molecule has 2 rings (SSSR count). The first-order valence-corrected chi connectivity index (χ1v) is 9.26. The predicted molar refractivity (Wildman–Crippen MR) is 82.6 cm³/mol. The number of aromatic nitrogens is 2. The molecule has 1 aliphatic rings. The Bertz CT molecular complexity index is 533. The van der Waals surface area contributed by atoms with Crippen molar-refractivity contribution in [3.63, 3.8) is 0 Å². The third kappa shape index (κ3) is 4.05. The van der Waals surface area contributed by atoms with E-state index in [0.717, 1.165) is 32.4 Å². The second-order valence-electron chi connectivity index (χ2n) is 5.60. The molecule has 0 saturated carbocycles. The van der Waals surface area contributed by atoms with Crippen LogP contribution in [-0.2, 0) is 16.4 Å². The summed E-state index contributed by atoms with van der Waals surface area (Å²) in [6, 6.07) is 0. The average Bonchev–Trinajstić information content (AvgIpc) is 2.98. The molecule has 0 atom stereocenters. The number of piperidine rings is 1. The molecule has 7 heteroatoms. The maximum atomic E-state index is 12.5. The van der Waals surface area contributed by atoms with E-state index in [4.69, 9.17) is 0 Å². The standard InChI is InChI=1S/C14H26N4O2S/c1-3-7-15-10-12-5-8-18(9-6-12)21(19,20)14-11-16-13(4-2)17-14/h11-12,15H,3-10H2,1-2H3,(H,16,17). The third-order valence-electron chi connectivity index (χ3n) is 3.99. The molecule has 1 fully saturated rings. The predicted octanol–water partition coefficient (Wildman–Crippen LogP) is 1.37. The van der Waals surface area contributed by atoms with Crippen LogP contribution in [0.25, 0.3) is 0 Å². The van der Waals surface area contributed by atoms with Crippen molar-refractivity contribution in [3.05, 3.63) is 12.0 Å². The SMILES string of the molecule is CCCNCC1CCN(S(=O)(=O)c2cnc(CC)[nH]2)CC1. The van der Waals surface area contributed by atoms with Gasteiger partial charge in [0.15, 0.2) is 5.03 Å². The molecule has 120 valence electrons. The van der Waals surface area contributed by atoms with Gasteiger partial charge in [-0.1, -0.05) is 13.8 Å². The lowest BCUT2D eigenvalue weighted by molar-refractivity contribution is 0.267. The van der Waals surface area contributed by atoms with Gasteiger partial charge in [-0.25, -0.2) is 13.4 Å². The summed E-state index contributed by atoms with van der Waals surface area (Å²) in [5, 5.41) is 3.64. The maximum absolute atomic E-state index is 12.5. The molecule has 6 nitrogen and oxygen atoms in total. The van der Waals surface area contributed by atoms with Gasteiger partial charge in [-0.05, 0) is 38.3 Å². The van der Waals surface area contributed by atoms with Crippen LogP contribution in [0, 0.1) is 5.92 Å². The van der Waals surface area contributed by atoms with Gasteiger partial charge in [0.2, 0.25) is 0 Å². The molecule has 2 N–H and O–H groups in total. The number of sulfonamides is 1. The Kier molecular flexibility index (Phi) is 5.78. The first kappa shape index (κ1) is 16.5. The molecule has 1 aromatic heterocycles. The zero-order valence-electron chi connectivity index (χ0n) is 12.9. The van der Waals surface area contributed by atoms with Gasteiger partial charge in [0.25, 0.3) is 10.0 Å². The van der Waals surface area contributed by atoms with Crippen LogP contribution < -0.4 is 5.32 Å². The minimum Gasteiger partial charge on any atom is -0.332 e. The monoisotopic (exact) mass is 314 g/mol. The number of nitrogens with one attached hydrogen (secondary N) is 2. The molecule has 21 heavy (non-hydrogen) atoms. The van der Waals surface area contributed by atoms with E-state index in [0.29, 0.717) is 31.3 Å². The normalized spacial score (nSPS) is 18.2. The van der Waals surface area contributed by atoms with Crippen molar-refractivity contribution in [3.8, 4) is 0 Å². The fourth-order valence-corrected chi connectivity index (χ4v) is 4.03. The Morgan fingerprint density at radius 3 is 2.67 bits per heavy atom. The van der Waals surface area contributed by atoms with E-state index in [-0.39, 0.29) is 5.03 Å². The molecule has 1 aromatic rings. The van der Waals surface area contributed by atoms with Gasteiger partial charge in [-0.2, -0.15) is 4.31 Å². The Hall–Kier alpha value is -0.920. The van der Waals surface area contributed by atoms with Gasteiger partial charge in [0.1, 0.15) is 5.82 Å². The molecule has 0 aromatic carbocycles. The molecule has 0 unspecified atom stereocenters. The minimum atomic E-state index is -3.41. The number of hydrogen-bond acceptors (Lipinski definition) is 4. The number of imidazole rings is 1. The fourth-order valence-electron chi connectivity index (χ4n) is 2.63. The third-order valence-corrected chi connectivity index (χ3v) is 5.80. The fraction of sp³-hybridized carbons (Fsp3) is 0.786. The van der Waals surface area contributed by atoms with Crippen molar-refractivity contribution >= 4 is 10.0 Å². The summed E-state index contributed by atoms with van der Waals surface area (Å²) in [6.07, 6.45) is 5.12. The molecule has 1 saturated heterocycles. The first-order valence-electron chi connectivity index (χ1n) is 7.82. The number of aryl methyl sites for hydroxylation is 1. The summed E-state index contributed by atoms with van der Waals surface area (Å²) < 4.78 is 26.6. The Morgan fingerprint density at radius 1 is 1.38 bits per heavy atom. The van der Waals surface area contributed by atoms with Crippen LogP contribution >= 0.6 is 0 Å². The van der Waals surface area contributed by atoms with E-state index in [1.165, 1.54) is 6.20 Å². The summed E-state index contributed by atoms with van der Waals surface area (Å²) in [5.74, 6) is 1.29. The summed E-state index contributed by atoms with van der Waals surface area (Å²) in [7, 11) is -3.41. The van der Waals surface area contributed by atoms with Gasteiger partial charge < -0.3 is 10.3 Å². The highest BCUT2D eigenvalue weighted by Gasteiger charge is 2.30. The summed E-state index contributed by atoms with van der Waals surface area (Å²) in [4.78, 5) is 6.99. The van der Waals surface area contributed by atoms with E-state index in [9.17, 15) is 8.42 Å². The Morgan fingerprint density at radius 2 is 2.10 bits per heavy atom. The van der Waals surface area contributed by atoms with Crippen LogP contribution in [0.1, 0.15) is 38.9 Å². The molecule has 0 radical (unpaired) electrons. The van der Waals surface area contributed by atoms with Crippen LogP contribution in [-0.4, -0.2) is 48.9 Å². The lowest BCUT2D eigenvalue weighted by Gasteiger charge is -2.30. The molecule has 0 aliphatic carbocycles. The first-order chi connectivity index (χ1) is 10.1. The number of aromatic amines is 1.